The summed E-state index contributed by atoms with van der Waals surface area (Å²) in [6.07, 6.45) is 7.73. The zero-order chi connectivity index (χ0) is 26.3. The maximum Gasteiger partial charge on any atom is 0.234 e. The largest absolute Gasteiger partial charge is 0.325 e. The number of carbonyl (C=O) groups excluding carboxylic acids is 1. The lowest BCUT2D eigenvalue weighted by Crippen LogP contribution is -2.18. The molecule has 1 heterocycles. The third-order valence-electron chi connectivity index (χ3n) is 7.45. The highest BCUT2D eigenvalue weighted by molar-refractivity contribution is 7.99. The number of amides is 1. The summed E-state index contributed by atoms with van der Waals surface area (Å²) >= 11 is 1.49. The van der Waals surface area contributed by atoms with E-state index in [0.29, 0.717) is 11.8 Å². The SMILES string of the molecule is CCc1cccc(CC)c1NC(=O)CSc1nnc(-c2ccc(-c3ccccc3)cc2)n1C1CCCCC1. The van der Waals surface area contributed by atoms with Gasteiger partial charge in [0, 0.05) is 17.3 Å². The van der Waals surface area contributed by atoms with E-state index in [9.17, 15) is 4.79 Å². The van der Waals surface area contributed by atoms with E-state index in [-0.39, 0.29) is 5.91 Å². The van der Waals surface area contributed by atoms with Gasteiger partial charge in [0.15, 0.2) is 11.0 Å². The van der Waals surface area contributed by atoms with Gasteiger partial charge in [-0.2, -0.15) is 0 Å². The molecule has 1 saturated carbocycles. The number of hydrogen-bond donors (Lipinski definition) is 1. The highest BCUT2D eigenvalue weighted by Gasteiger charge is 2.24. The number of thioether (sulfide) groups is 1. The Kier molecular flexibility index (Phi) is 8.59. The Labute approximate surface area is 230 Å². The van der Waals surface area contributed by atoms with Gasteiger partial charge in [0.05, 0.1) is 5.75 Å². The third kappa shape index (κ3) is 5.86. The second kappa shape index (κ2) is 12.4. The molecule has 1 fully saturated rings. The molecule has 5 rings (SSSR count). The van der Waals surface area contributed by atoms with Crippen LogP contribution in [0, 0.1) is 0 Å². The van der Waals surface area contributed by atoms with Crippen LogP contribution < -0.4 is 5.32 Å². The molecule has 3 aromatic carbocycles. The van der Waals surface area contributed by atoms with Crippen LogP contribution in [0.5, 0.6) is 0 Å². The fraction of sp³-hybridized carbons (Fsp3) is 0.344. The van der Waals surface area contributed by atoms with Crippen molar-refractivity contribution in [1.82, 2.24) is 14.8 Å². The summed E-state index contributed by atoms with van der Waals surface area (Å²) in [5.41, 5.74) is 6.76. The van der Waals surface area contributed by atoms with Crippen molar-refractivity contribution < 1.29 is 4.79 Å². The second-order valence-electron chi connectivity index (χ2n) is 9.91. The van der Waals surface area contributed by atoms with Crippen molar-refractivity contribution in [2.24, 2.45) is 0 Å². The molecular formula is C32H36N4OS. The van der Waals surface area contributed by atoms with Crippen molar-refractivity contribution >= 4 is 23.4 Å². The standard InChI is InChI=1S/C32H36N4OS/c1-3-23-14-11-15-24(4-2)30(23)33-29(37)22-38-32-35-34-31(36(32)28-16-9-6-10-17-28)27-20-18-26(19-21-27)25-12-7-5-8-13-25/h5,7-8,11-15,18-21,28H,3-4,6,9-10,16-17,22H2,1-2H3,(H,33,37). The van der Waals surface area contributed by atoms with Gasteiger partial charge in [-0.25, -0.2) is 0 Å². The predicted octanol–water partition coefficient (Wildman–Crippen LogP) is 7.97. The number of carbonyl (C=O) groups is 1. The van der Waals surface area contributed by atoms with Gasteiger partial charge < -0.3 is 5.32 Å². The van der Waals surface area contributed by atoms with E-state index >= 15 is 0 Å². The fourth-order valence-electron chi connectivity index (χ4n) is 5.39. The van der Waals surface area contributed by atoms with Crippen LogP contribution in [0.2, 0.25) is 0 Å². The quantitative estimate of drug-likeness (QED) is 0.226. The van der Waals surface area contributed by atoms with Gasteiger partial charge in [-0.3, -0.25) is 9.36 Å². The number of para-hydroxylation sites is 1. The number of hydrogen-bond acceptors (Lipinski definition) is 4. The van der Waals surface area contributed by atoms with E-state index in [0.717, 1.165) is 47.9 Å². The maximum atomic E-state index is 13.1. The Morgan fingerprint density at radius 2 is 1.45 bits per heavy atom. The van der Waals surface area contributed by atoms with Gasteiger partial charge in [0.1, 0.15) is 0 Å². The summed E-state index contributed by atoms with van der Waals surface area (Å²) in [7, 11) is 0. The Morgan fingerprint density at radius 3 is 2.11 bits per heavy atom. The summed E-state index contributed by atoms with van der Waals surface area (Å²) < 4.78 is 2.30. The average Bonchev–Trinajstić information content (AvgIpc) is 3.41. The molecule has 196 valence electrons. The molecule has 0 saturated heterocycles. The van der Waals surface area contributed by atoms with Crippen LogP contribution in [0.25, 0.3) is 22.5 Å². The minimum absolute atomic E-state index is 0.00226. The molecule has 0 unspecified atom stereocenters. The van der Waals surface area contributed by atoms with E-state index in [4.69, 9.17) is 0 Å². The van der Waals surface area contributed by atoms with Crippen LogP contribution in [0.4, 0.5) is 5.69 Å². The minimum atomic E-state index is -0.00226. The molecule has 0 atom stereocenters. The smallest absolute Gasteiger partial charge is 0.234 e. The van der Waals surface area contributed by atoms with Gasteiger partial charge in [-0.05, 0) is 47.9 Å². The lowest BCUT2D eigenvalue weighted by Gasteiger charge is -2.25. The number of aryl methyl sites for hydroxylation is 2. The average molecular weight is 525 g/mol. The van der Waals surface area contributed by atoms with Crippen LogP contribution in [0.1, 0.15) is 63.1 Å². The molecule has 38 heavy (non-hydrogen) atoms. The maximum absolute atomic E-state index is 13.1. The molecule has 1 amide bonds. The highest BCUT2D eigenvalue weighted by atomic mass is 32.2. The van der Waals surface area contributed by atoms with Crippen LogP contribution in [0.15, 0.2) is 78.0 Å². The Bertz CT molecular complexity index is 1340. The van der Waals surface area contributed by atoms with E-state index in [1.54, 1.807) is 0 Å². The number of nitrogens with zero attached hydrogens (tertiary/aromatic N) is 3. The Hall–Kier alpha value is -3.38. The molecule has 4 aromatic rings. The van der Waals surface area contributed by atoms with Gasteiger partial charge in [-0.15, -0.1) is 10.2 Å². The molecule has 0 bridgehead atoms. The lowest BCUT2D eigenvalue weighted by atomic mass is 9.95. The number of aromatic nitrogens is 3. The summed E-state index contributed by atoms with van der Waals surface area (Å²) in [6.45, 7) is 4.25. The molecule has 0 spiro atoms. The van der Waals surface area contributed by atoms with Crippen molar-refractivity contribution in [1.29, 1.82) is 0 Å². The van der Waals surface area contributed by atoms with Gasteiger partial charge >= 0.3 is 0 Å². The molecule has 1 aromatic heterocycles. The number of benzene rings is 3. The Balaban J connectivity index is 1.37. The van der Waals surface area contributed by atoms with Crippen molar-refractivity contribution in [3.8, 4) is 22.5 Å². The predicted molar refractivity (Wildman–Crippen MR) is 158 cm³/mol. The van der Waals surface area contributed by atoms with Gasteiger partial charge in [-0.1, -0.05) is 118 Å². The highest BCUT2D eigenvalue weighted by Crippen LogP contribution is 2.36. The molecule has 6 heteroatoms. The zero-order valence-electron chi connectivity index (χ0n) is 22.3. The van der Waals surface area contributed by atoms with E-state index < -0.39 is 0 Å². The first-order valence-corrected chi connectivity index (χ1v) is 14.8. The summed E-state index contributed by atoms with van der Waals surface area (Å²) in [5.74, 6) is 1.19. The van der Waals surface area contributed by atoms with Gasteiger partial charge in [0.25, 0.3) is 0 Å². The van der Waals surface area contributed by atoms with E-state index in [2.05, 4.69) is 101 Å². The molecule has 1 aliphatic carbocycles. The number of rotatable bonds is 9. The number of anilines is 1. The molecular weight excluding hydrogens is 488 g/mol. The first-order chi connectivity index (χ1) is 18.7. The normalized spacial score (nSPS) is 13.9. The van der Waals surface area contributed by atoms with Crippen LogP contribution in [0.3, 0.4) is 0 Å². The fourth-order valence-corrected chi connectivity index (χ4v) is 6.20. The zero-order valence-corrected chi connectivity index (χ0v) is 23.1. The lowest BCUT2D eigenvalue weighted by molar-refractivity contribution is -0.113. The first kappa shape index (κ1) is 26.2. The topological polar surface area (TPSA) is 59.8 Å². The van der Waals surface area contributed by atoms with Crippen molar-refractivity contribution in [2.45, 2.75) is 70.0 Å². The van der Waals surface area contributed by atoms with Crippen LogP contribution >= 0.6 is 11.8 Å². The minimum Gasteiger partial charge on any atom is -0.325 e. The third-order valence-corrected chi connectivity index (χ3v) is 8.39. The van der Waals surface area contributed by atoms with E-state index in [1.165, 1.54) is 53.3 Å². The van der Waals surface area contributed by atoms with Crippen molar-refractivity contribution in [3.63, 3.8) is 0 Å². The monoisotopic (exact) mass is 524 g/mol. The molecule has 5 nitrogen and oxygen atoms in total. The number of nitrogens with one attached hydrogen (secondary N) is 1. The molecule has 1 aliphatic rings. The van der Waals surface area contributed by atoms with Crippen LogP contribution in [-0.2, 0) is 17.6 Å². The summed E-state index contributed by atoms with van der Waals surface area (Å²) in [6, 6.07) is 25.6. The first-order valence-electron chi connectivity index (χ1n) is 13.8. The summed E-state index contributed by atoms with van der Waals surface area (Å²) in [5, 5.41) is 13.3. The van der Waals surface area contributed by atoms with Gasteiger partial charge in [0.2, 0.25) is 5.91 Å². The second-order valence-corrected chi connectivity index (χ2v) is 10.8. The van der Waals surface area contributed by atoms with Crippen LogP contribution in [-0.4, -0.2) is 26.4 Å². The van der Waals surface area contributed by atoms with E-state index in [1.807, 2.05) is 6.07 Å². The molecule has 0 radical (unpaired) electrons. The molecule has 0 aliphatic heterocycles. The van der Waals surface area contributed by atoms with Crippen molar-refractivity contribution in [3.05, 3.63) is 83.9 Å². The Morgan fingerprint density at radius 1 is 0.816 bits per heavy atom. The van der Waals surface area contributed by atoms with Crippen molar-refractivity contribution in [2.75, 3.05) is 11.1 Å². The summed E-state index contributed by atoms with van der Waals surface area (Å²) in [4.78, 5) is 13.1. The molecule has 1 N–H and O–H groups in total.